The quantitative estimate of drug-likeness (QED) is 0.683. The third-order valence-electron chi connectivity index (χ3n) is 1.69. The zero-order valence-corrected chi connectivity index (χ0v) is 7.52. The van der Waals surface area contributed by atoms with Gasteiger partial charge in [-0.05, 0) is 28.1 Å². The minimum Gasteiger partial charge on any atom is -0.483 e. The maximum Gasteiger partial charge on any atom is 0.206 e. The number of hydrogen-bond acceptors (Lipinski definition) is 2. The molecule has 0 bridgehead atoms. The normalized spacial score (nSPS) is 14.3. The molecule has 0 aliphatic carbocycles. The number of ketones is 1. The summed E-state index contributed by atoms with van der Waals surface area (Å²) in [6.45, 7) is -0.0606. The van der Waals surface area contributed by atoms with Gasteiger partial charge in [-0.25, -0.2) is 4.39 Å². The zero-order chi connectivity index (χ0) is 8.72. The lowest BCUT2D eigenvalue weighted by Gasteiger charge is -1.99. The fourth-order valence-corrected chi connectivity index (χ4v) is 1.59. The van der Waals surface area contributed by atoms with Crippen molar-refractivity contribution in [3.05, 3.63) is 28.0 Å². The van der Waals surface area contributed by atoms with Gasteiger partial charge in [-0.3, -0.25) is 4.79 Å². The number of halogens is 2. The van der Waals surface area contributed by atoms with E-state index in [1.54, 1.807) is 0 Å². The average Bonchev–Trinajstić information content (AvgIpc) is 2.42. The number of hydrogen-bond donors (Lipinski definition) is 0. The van der Waals surface area contributed by atoms with Crippen molar-refractivity contribution < 1.29 is 13.9 Å². The molecule has 0 atom stereocenters. The molecular weight excluding hydrogens is 227 g/mol. The number of ether oxygens (including phenoxy) is 1. The highest BCUT2D eigenvalue weighted by molar-refractivity contribution is 9.10. The van der Waals surface area contributed by atoms with E-state index in [1.807, 2.05) is 0 Å². The second-order valence-corrected chi connectivity index (χ2v) is 3.30. The summed E-state index contributed by atoms with van der Waals surface area (Å²) >= 11 is 3.17. The van der Waals surface area contributed by atoms with E-state index in [0.717, 1.165) is 0 Å². The Morgan fingerprint density at radius 2 is 2.25 bits per heavy atom. The molecule has 0 unspecified atom stereocenters. The van der Waals surface area contributed by atoms with Gasteiger partial charge >= 0.3 is 0 Å². The summed E-state index contributed by atoms with van der Waals surface area (Å²) in [6, 6.07) is 2.77. The Morgan fingerprint density at radius 3 is 2.92 bits per heavy atom. The van der Waals surface area contributed by atoms with E-state index in [1.165, 1.54) is 12.1 Å². The van der Waals surface area contributed by atoms with Crippen molar-refractivity contribution in [2.75, 3.05) is 6.61 Å². The molecule has 0 saturated heterocycles. The van der Waals surface area contributed by atoms with Crippen LogP contribution in [0, 0.1) is 5.82 Å². The third-order valence-corrected chi connectivity index (χ3v) is 2.31. The van der Waals surface area contributed by atoms with Gasteiger partial charge in [-0.1, -0.05) is 0 Å². The second-order valence-electron chi connectivity index (χ2n) is 2.45. The maximum atomic E-state index is 13.0. The predicted molar refractivity (Wildman–Crippen MR) is 43.9 cm³/mol. The Hall–Kier alpha value is -0.900. The molecule has 0 radical (unpaired) electrons. The summed E-state index contributed by atoms with van der Waals surface area (Å²) in [5.41, 5.74) is 0.0596. The first-order chi connectivity index (χ1) is 5.70. The average molecular weight is 231 g/mol. The minimum absolute atomic E-state index is 0.0596. The monoisotopic (exact) mass is 230 g/mol. The van der Waals surface area contributed by atoms with Crippen LogP contribution in [0.4, 0.5) is 4.39 Å². The fraction of sp³-hybridized carbons (Fsp3) is 0.125. The van der Waals surface area contributed by atoms with Gasteiger partial charge in [-0.2, -0.15) is 0 Å². The molecule has 12 heavy (non-hydrogen) atoms. The van der Waals surface area contributed by atoms with Gasteiger partial charge in [-0.15, -0.1) is 0 Å². The Bertz CT molecular complexity index is 362. The van der Waals surface area contributed by atoms with Crippen LogP contribution in [0.15, 0.2) is 16.6 Å². The molecule has 62 valence electrons. The smallest absolute Gasteiger partial charge is 0.206 e. The van der Waals surface area contributed by atoms with Crippen molar-refractivity contribution in [3.63, 3.8) is 0 Å². The van der Waals surface area contributed by atoms with Gasteiger partial charge in [0.1, 0.15) is 17.1 Å². The predicted octanol–water partition coefficient (Wildman–Crippen LogP) is 2.16. The van der Waals surface area contributed by atoms with E-state index in [4.69, 9.17) is 4.74 Å². The highest BCUT2D eigenvalue weighted by Crippen LogP contribution is 2.34. The zero-order valence-electron chi connectivity index (χ0n) is 5.93. The van der Waals surface area contributed by atoms with Crippen LogP contribution in [0.2, 0.25) is 0 Å². The summed E-state index contributed by atoms with van der Waals surface area (Å²) < 4.78 is 18.6. The van der Waals surface area contributed by atoms with E-state index in [2.05, 4.69) is 15.9 Å². The van der Waals surface area contributed by atoms with Gasteiger partial charge < -0.3 is 4.74 Å². The van der Waals surface area contributed by atoms with Gasteiger partial charge in [0.25, 0.3) is 0 Å². The lowest BCUT2D eigenvalue weighted by atomic mass is 10.1. The van der Waals surface area contributed by atoms with Gasteiger partial charge in [0.2, 0.25) is 5.78 Å². The Kier molecular flexibility index (Phi) is 1.65. The summed E-state index contributed by atoms with van der Waals surface area (Å²) in [6.07, 6.45) is 0. The number of fused-ring (bicyclic) bond motifs is 1. The lowest BCUT2D eigenvalue weighted by molar-refractivity contribution is 0.0958. The first kappa shape index (κ1) is 7.73. The Labute approximate surface area is 76.5 Å². The van der Waals surface area contributed by atoms with Crippen LogP contribution in [0.25, 0.3) is 0 Å². The van der Waals surface area contributed by atoms with Crippen LogP contribution in [0.5, 0.6) is 5.75 Å². The van der Waals surface area contributed by atoms with Crippen LogP contribution in [0.1, 0.15) is 10.4 Å². The van der Waals surface area contributed by atoms with Crippen molar-refractivity contribution in [3.8, 4) is 5.75 Å². The summed E-state index contributed by atoms with van der Waals surface area (Å²) in [5.74, 6) is -0.500. The van der Waals surface area contributed by atoms with E-state index in [0.29, 0.717) is 10.2 Å². The number of rotatable bonds is 0. The van der Waals surface area contributed by atoms with Crippen molar-refractivity contribution in [1.29, 1.82) is 0 Å². The molecule has 1 aromatic rings. The molecule has 2 nitrogen and oxygen atoms in total. The molecule has 0 aromatic heterocycles. The van der Waals surface area contributed by atoms with Gasteiger partial charge in [0.05, 0.1) is 4.47 Å². The Morgan fingerprint density at radius 1 is 1.50 bits per heavy atom. The lowest BCUT2D eigenvalue weighted by Crippen LogP contribution is -2.00. The van der Waals surface area contributed by atoms with E-state index in [-0.39, 0.29) is 18.0 Å². The van der Waals surface area contributed by atoms with Crippen LogP contribution < -0.4 is 4.74 Å². The molecular formula is C8H4BrFO2. The van der Waals surface area contributed by atoms with E-state index >= 15 is 0 Å². The number of carbonyl (C=O) groups excluding carboxylic acids is 1. The molecule has 1 aromatic carbocycles. The number of benzene rings is 1. The largest absolute Gasteiger partial charge is 0.483 e. The van der Waals surface area contributed by atoms with Crippen molar-refractivity contribution >= 4 is 21.7 Å². The van der Waals surface area contributed by atoms with Crippen molar-refractivity contribution in [1.82, 2.24) is 0 Å². The first-order valence-electron chi connectivity index (χ1n) is 3.34. The molecule has 4 heteroatoms. The highest BCUT2D eigenvalue weighted by Gasteiger charge is 2.26. The number of Topliss-reactive ketones (excluding diaryl/α,β-unsaturated/α-hetero) is 1. The summed E-state index contributed by atoms with van der Waals surface area (Å²) in [7, 11) is 0. The summed E-state index contributed by atoms with van der Waals surface area (Å²) in [5, 5.41) is 0. The molecule has 0 saturated carbocycles. The molecule has 0 spiro atoms. The van der Waals surface area contributed by atoms with Crippen molar-refractivity contribution in [2.45, 2.75) is 0 Å². The maximum absolute atomic E-state index is 13.0. The van der Waals surface area contributed by atoms with Crippen LogP contribution >= 0.6 is 15.9 Å². The van der Waals surface area contributed by atoms with E-state index < -0.39 is 5.82 Å². The summed E-state index contributed by atoms with van der Waals surface area (Å²) in [4.78, 5) is 11.1. The third kappa shape index (κ3) is 0.948. The molecule has 0 amide bonds. The molecule has 2 rings (SSSR count). The SMILES string of the molecule is O=C1COc2c(Br)ccc(F)c21. The Balaban J connectivity index is 2.72. The standard InChI is InChI=1S/C8H4BrFO2/c9-4-1-2-5(10)7-6(11)3-12-8(4)7/h1-2H,3H2. The molecule has 0 fully saturated rings. The van der Waals surface area contributed by atoms with Crippen LogP contribution in [-0.2, 0) is 0 Å². The topological polar surface area (TPSA) is 26.3 Å². The highest BCUT2D eigenvalue weighted by atomic mass is 79.9. The van der Waals surface area contributed by atoms with Crippen molar-refractivity contribution in [2.24, 2.45) is 0 Å². The molecule has 0 N–H and O–H groups in total. The first-order valence-corrected chi connectivity index (χ1v) is 4.13. The molecule has 1 heterocycles. The fourth-order valence-electron chi connectivity index (χ4n) is 1.14. The minimum atomic E-state index is -0.518. The van der Waals surface area contributed by atoms with Gasteiger partial charge in [0.15, 0.2) is 6.61 Å². The van der Waals surface area contributed by atoms with Crippen LogP contribution in [-0.4, -0.2) is 12.4 Å². The molecule has 1 aliphatic rings. The molecule has 1 aliphatic heterocycles. The van der Waals surface area contributed by atoms with Gasteiger partial charge in [0, 0.05) is 0 Å². The van der Waals surface area contributed by atoms with Crippen LogP contribution in [0.3, 0.4) is 0 Å². The van der Waals surface area contributed by atoms with E-state index in [9.17, 15) is 9.18 Å². The number of carbonyl (C=O) groups is 1. The second kappa shape index (κ2) is 2.55.